The SMILES string of the molecule is CN(C(=O)O)c1cc(F)c2c(c1F)COC(=O)N2. The summed E-state index contributed by atoms with van der Waals surface area (Å²) in [6.07, 6.45) is -2.32. The Bertz CT molecular complexity index is 547. The van der Waals surface area contributed by atoms with Gasteiger partial charge < -0.3 is 9.84 Å². The van der Waals surface area contributed by atoms with Crippen LogP contribution in [0.1, 0.15) is 5.56 Å². The number of nitrogens with zero attached hydrogens (tertiary/aromatic N) is 1. The highest BCUT2D eigenvalue weighted by Gasteiger charge is 2.27. The molecule has 0 spiro atoms. The Balaban J connectivity index is 2.57. The van der Waals surface area contributed by atoms with Crippen LogP contribution in [0.5, 0.6) is 0 Å². The van der Waals surface area contributed by atoms with E-state index in [4.69, 9.17) is 5.11 Å². The van der Waals surface area contributed by atoms with Gasteiger partial charge in [0, 0.05) is 13.1 Å². The summed E-state index contributed by atoms with van der Waals surface area (Å²) in [6, 6.07) is 0.702. The van der Waals surface area contributed by atoms with Gasteiger partial charge in [-0.25, -0.2) is 18.4 Å². The molecule has 1 aromatic carbocycles. The lowest BCUT2D eigenvalue weighted by atomic mass is 10.1. The fraction of sp³-hybridized carbons (Fsp3) is 0.200. The van der Waals surface area contributed by atoms with Crippen LogP contribution < -0.4 is 10.2 Å². The number of benzene rings is 1. The number of carbonyl (C=O) groups excluding carboxylic acids is 1. The first-order valence-electron chi connectivity index (χ1n) is 4.83. The predicted octanol–water partition coefficient (Wildman–Crippen LogP) is 2.14. The average molecular weight is 258 g/mol. The molecule has 0 atom stereocenters. The molecular weight excluding hydrogens is 250 g/mol. The molecule has 0 unspecified atom stereocenters. The highest BCUT2D eigenvalue weighted by molar-refractivity contribution is 5.90. The maximum absolute atomic E-state index is 14.0. The van der Waals surface area contributed by atoms with Gasteiger partial charge in [-0.3, -0.25) is 10.2 Å². The fourth-order valence-electron chi connectivity index (χ4n) is 1.56. The van der Waals surface area contributed by atoms with Crippen molar-refractivity contribution in [3.8, 4) is 0 Å². The third kappa shape index (κ3) is 1.81. The number of hydrogen-bond acceptors (Lipinski definition) is 3. The van der Waals surface area contributed by atoms with Gasteiger partial charge in [-0.05, 0) is 0 Å². The monoisotopic (exact) mass is 258 g/mol. The lowest BCUT2D eigenvalue weighted by molar-refractivity contribution is 0.149. The van der Waals surface area contributed by atoms with Crippen molar-refractivity contribution in [1.82, 2.24) is 0 Å². The van der Waals surface area contributed by atoms with Crippen LogP contribution in [0.25, 0.3) is 0 Å². The topological polar surface area (TPSA) is 78.9 Å². The van der Waals surface area contributed by atoms with Crippen LogP contribution in [0.15, 0.2) is 6.07 Å². The molecule has 6 nitrogen and oxygen atoms in total. The third-order valence-corrected chi connectivity index (χ3v) is 2.52. The minimum Gasteiger partial charge on any atom is -0.465 e. The summed E-state index contributed by atoms with van der Waals surface area (Å²) in [5.74, 6) is -1.87. The second kappa shape index (κ2) is 4.13. The van der Waals surface area contributed by atoms with E-state index in [9.17, 15) is 18.4 Å². The molecule has 18 heavy (non-hydrogen) atoms. The van der Waals surface area contributed by atoms with Gasteiger partial charge in [-0.1, -0.05) is 0 Å². The standard InChI is InChI=1S/C10H8F2N2O4/c1-14(10(16)17)6-2-5(11)8-4(7(6)12)3-18-9(15)13-8/h2H,3H2,1H3,(H,13,15)(H,16,17). The largest absolute Gasteiger partial charge is 0.465 e. The summed E-state index contributed by atoms with van der Waals surface area (Å²) in [5.41, 5.74) is -0.998. The number of ether oxygens (including phenoxy) is 1. The Morgan fingerprint density at radius 3 is 2.83 bits per heavy atom. The molecule has 0 aromatic heterocycles. The van der Waals surface area contributed by atoms with E-state index in [0.29, 0.717) is 11.0 Å². The van der Waals surface area contributed by atoms with Gasteiger partial charge in [0.2, 0.25) is 0 Å². The molecule has 0 radical (unpaired) electrons. The van der Waals surface area contributed by atoms with Gasteiger partial charge >= 0.3 is 12.2 Å². The number of fused-ring (bicyclic) bond motifs is 1. The number of anilines is 2. The first-order valence-corrected chi connectivity index (χ1v) is 4.83. The van der Waals surface area contributed by atoms with Crippen molar-refractivity contribution in [3.05, 3.63) is 23.3 Å². The molecule has 1 heterocycles. The molecule has 8 heteroatoms. The smallest absolute Gasteiger partial charge is 0.412 e. The number of cyclic esters (lactones) is 1. The molecule has 96 valence electrons. The summed E-state index contributed by atoms with van der Waals surface area (Å²) in [5, 5.41) is 10.8. The second-order valence-electron chi connectivity index (χ2n) is 3.59. The van der Waals surface area contributed by atoms with Crippen LogP contribution in [0, 0.1) is 11.6 Å². The zero-order valence-corrected chi connectivity index (χ0v) is 9.16. The van der Waals surface area contributed by atoms with E-state index in [1.165, 1.54) is 0 Å². The maximum Gasteiger partial charge on any atom is 0.412 e. The first kappa shape index (κ1) is 12.1. The normalized spacial score (nSPS) is 13.4. The van der Waals surface area contributed by atoms with E-state index in [0.717, 1.165) is 7.05 Å². The number of hydrogen-bond donors (Lipinski definition) is 2. The Morgan fingerprint density at radius 1 is 1.56 bits per heavy atom. The molecule has 0 saturated heterocycles. The minimum absolute atomic E-state index is 0.224. The minimum atomic E-state index is -1.44. The molecule has 1 aromatic rings. The van der Waals surface area contributed by atoms with E-state index in [1.807, 2.05) is 5.32 Å². The number of nitrogens with one attached hydrogen (secondary N) is 1. The summed E-state index contributed by atoms with van der Waals surface area (Å²) >= 11 is 0. The van der Waals surface area contributed by atoms with Gasteiger partial charge in [0.15, 0.2) is 5.82 Å². The van der Waals surface area contributed by atoms with E-state index in [-0.39, 0.29) is 11.3 Å². The summed E-state index contributed by atoms with van der Waals surface area (Å²) in [7, 11) is 1.08. The number of carbonyl (C=O) groups is 2. The molecule has 2 amide bonds. The predicted molar refractivity (Wildman–Crippen MR) is 56.6 cm³/mol. The van der Waals surface area contributed by atoms with E-state index < -0.39 is 36.1 Å². The van der Waals surface area contributed by atoms with E-state index in [2.05, 4.69) is 4.74 Å². The summed E-state index contributed by atoms with van der Waals surface area (Å²) in [4.78, 5) is 22.1. The molecule has 2 rings (SSSR count). The van der Waals surface area contributed by atoms with Gasteiger partial charge in [0.1, 0.15) is 12.4 Å². The first-order chi connectivity index (χ1) is 8.41. The average Bonchev–Trinajstić information content (AvgIpc) is 2.32. The van der Waals surface area contributed by atoms with Gasteiger partial charge in [0.25, 0.3) is 0 Å². The quantitative estimate of drug-likeness (QED) is 0.808. The maximum atomic E-state index is 14.0. The van der Waals surface area contributed by atoms with Crippen molar-refractivity contribution in [3.63, 3.8) is 0 Å². The number of amides is 2. The van der Waals surface area contributed by atoms with Crippen molar-refractivity contribution < 1.29 is 28.2 Å². The van der Waals surface area contributed by atoms with Gasteiger partial charge in [-0.2, -0.15) is 0 Å². The van der Waals surface area contributed by atoms with Crippen molar-refractivity contribution in [2.45, 2.75) is 6.61 Å². The third-order valence-electron chi connectivity index (χ3n) is 2.52. The molecule has 1 aliphatic heterocycles. The highest BCUT2D eigenvalue weighted by Crippen LogP contribution is 2.33. The molecule has 0 saturated carbocycles. The van der Waals surface area contributed by atoms with Gasteiger partial charge in [-0.15, -0.1) is 0 Å². The van der Waals surface area contributed by atoms with Crippen molar-refractivity contribution in [2.75, 3.05) is 17.3 Å². The zero-order valence-electron chi connectivity index (χ0n) is 9.16. The van der Waals surface area contributed by atoms with Crippen molar-refractivity contribution in [2.24, 2.45) is 0 Å². The lowest BCUT2D eigenvalue weighted by Gasteiger charge is -2.22. The zero-order chi connectivity index (χ0) is 13.4. The van der Waals surface area contributed by atoms with E-state index in [1.54, 1.807) is 0 Å². The van der Waals surface area contributed by atoms with Crippen LogP contribution in [0.2, 0.25) is 0 Å². The fourth-order valence-corrected chi connectivity index (χ4v) is 1.56. The molecule has 0 fully saturated rings. The molecular formula is C10H8F2N2O4. The molecule has 2 N–H and O–H groups in total. The molecule has 1 aliphatic rings. The van der Waals surface area contributed by atoms with Crippen molar-refractivity contribution in [1.29, 1.82) is 0 Å². The highest BCUT2D eigenvalue weighted by atomic mass is 19.1. The second-order valence-corrected chi connectivity index (χ2v) is 3.59. The molecule has 0 aliphatic carbocycles. The number of rotatable bonds is 1. The number of carboxylic acid groups (broad SMARTS) is 1. The van der Waals surface area contributed by atoms with Crippen LogP contribution in [0.3, 0.4) is 0 Å². The summed E-state index contributed by atoms with van der Waals surface area (Å²) in [6.45, 7) is -0.453. The van der Waals surface area contributed by atoms with E-state index >= 15 is 0 Å². The van der Waals surface area contributed by atoms with Crippen molar-refractivity contribution >= 4 is 23.6 Å². The lowest BCUT2D eigenvalue weighted by Crippen LogP contribution is -2.28. The Morgan fingerprint density at radius 2 is 2.22 bits per heavy atom. The van der Waals surface area contributed by atoms with Crippen LogP contribution in [-0.4, -0.2) is 24.3 Å². The Labute approximate surface area is 99.8 Å². The molecule has 0 bridgehead atoms. The Kier molecular flexibility index (Phi) is 2.77. The van der Waals surface area contributed by atoms with Gasteiger partial charge in [0.05, 0.1) is 16.9 Å². The van der Waals surface area contributed by atoms with Crippen LogP contribution >= 0.6 is 0 Å². The van der Waals surface area contributed by atoms with Crippen LogP contribution in [0.4, 0.5) is 29.7 Å². The Hall–Kier alpha value is -2.38. The summed E-state index contributed by atoms with van der Waals surface area (Å²) < 4.78 is 32.1. The number of halogens is 2. The van der Waals surface area contributed by atoms with Crippen LogP contribution in [-0.2, 0) is 11.3 Å².